The highest BCUT2D eigenvalue weighted by molar-refractivity contribution is 7.70. The van der Waals surface area contributed by atoms with Crippen LogP contribution in [-0.4, -0.2) is 127 Å². The van der Waals surface area contributed by atoms with Gasteiger partial charge in [0.2, 0.25) is 17.7 Å². The van der Waals surface area contributed by atoms with Gasteiger partial charge in [0.05, 0.1) is 31.0 Å². The van der Waals surface area contributed by atoms with Crippen molar-refractivity contribution in [1.82, 2.24) is 30.0 Å². The number of piperazine rings is 1. The van der Waals surface area contributed by atoms with Crippen molar-refractivity contribution < 1.29 is 33.2 Å². The Balaban J connectivity index is 0.760. The van der Waals surface area contributed by atoms with Gasteiger partial charge in [-0.1, -0.05) is 48.0 Å². The SMILES string of the molecule is COc1cc(N2CCC(N3CCN(C(=O)CCCCOc4cccc5c4CN(C4CCC(=O)NC4=O)C5=O)CC3)CC2)ccc1Cc1ncc(Cl)c(Cc2ccccc2P(C)(C)=O)n1. The number of aromatic nitrogens is 2. The van der Waals surface area contributed by atoms with E-state index in [-0.39, 0.29) is 30.7 Å². The number of rotatable bonds is 15. The lowest BCUT2D eigenvalue weighted by molar-refractivity contribution is -0.137. The number of hydrogen-bond acceptors (Lipinski definition) is 11. The highest BCUT2D eigenvalue weighted by Gasteiger charge is 2.40. The number of nitrogens with zero attached hydrogens (tertiary/aromatic N) is 6. The van der Waals surface area contributed by atoms with Gasteiger partial charge >= 0.3 is 0 Å². The van der Waals surface area contributed by atoms with E-state index in [1.165, 1.54) is 4.90 Å². The maximum absolute atomic E-state index is 13.2. The maximum atomic E-state index is 13.2. The van der Waals surface area contributed by atoms with Crippen molar-refractivity contribution >= 4 is 53.4 Å². The van der Waals surface area contributed by atoms with E-state index in [9.17, 15) is 23.7 Å². The van der Waals surface area contributed by atoms with Gasteiger partial charge in [0.15, 0.2) is 0 Å². The zero-order valence-electron chi connectivity index (χ0n) is 36.9. The summed E-state index contributed by atoms with van der Waals surface area (Å²) in [7, 11) is -0.790. The van der Waals surface area contributed by atoms with Gasteiger partial charge in [-0.25, -0.2) is 9.97 Å². The van der Waals surface area contributed by atoms with Crippen LogP contribution in [0.5, 0.6) is 11.5 Å². The Hall–Kier alpha value is -5.30. The van der Waals surface area contributed by atoms with Crippen molar-refractivity contribution in [1.29, 1.82) is 0 Å². The van der Waals surface area contributed by atoms with Crippen LogP contribution in [0.15, 0.2) is 66.9 Å². The molecular formula is C48H57ClN7O7P. The van der Waals surface area contributed by atoms with Crippen molar-refractivity contribution in [3.8, 4) is 11.5 Å². The molecule has 14 nitrogen and oxygen atoms in total. The van der Waals surface area contributed by atoms with Crippen molar-refractivity contribution in [2.24, 2.45) is 0 Å². The normalized spacial score (nSPS) is 18.6. The number of methoxy groups -OCH3 is 1. The van der Waals surface area contributed by atoms with E-state index < -0.39 is 19.1 Å². The largest absolute Gasteiger partial charge is 0.496 e. The first kappa shape index (κ1) is 45.3. The van der Waals surface area contributed by atoms with Gasteiger partial charge in [-0.05, 0) is 69.2 Å². The molecule has 0 spiro atoms. The number of benzene rings is 3. The molecule has 3 fully saturated rings. The lowest BCUT2D eigenvalue weighted by atomic mass is 10.0. The quantitative estimate of drug-likeness (QED) is 0.0889. The Bertz CT molecular complexity index is 2450. The molecule has 5 heterocycles. The van der Waals surface area contributed by atoms with Gasteiger partial charge < -0.3 is 28.7 Å². The summed E-state index contributed by atoms with van der Waals surface area (Å²) in [5.41, 5.74) is 5.04. The second-order valence-electron chi connectivity index (χ2n) is 17.5. The molecule has 0 aliphatic carbocycles. The van der Waals surface area contributed by atoms with Crippen LogP contribution in [0.25, 0.3) is 0 Å². The lowest BCUT2D eigenvalue weighted by Gasteiger charge is -2.43. The molecule has 3 aromatic carbocycles. The molecule has 64 heavy (non-hydrogen) atoms. The fourth-order valence-corrected chi connectivity index (χ4v) is 11.0. The Kier molecular flexibility index (Phi) is 14.0. The molecule has 4 aromatic rings. The molecule has 4 amide bonds. The van der Waals surface area contributed by atoms with Gasteiger partial charge in [-0.2, -0.15) is 0 Å². The molecule has 1 aromatic heterocycles. The number of anilines is 1. The third-order valence-corrected chi connectivity index (χ3v) is 14.9. The van der Waals surface area contributed by atoms with Crippen LogP contribution in [0, 0.1) is 0 Å². The van der Waals surface area contributed by atoms with Crippen LogP contribution in [0.1, 0.15) is 83.5 Å². The van der Waals surface area contributed by atoms with Crippen molar-refractivity contribution in [2.45, 2.75) is 76.4 Å². The van der Waals surface area contributed by atoms with Crippen LogP contribution in [-0.2, 0) is 38.3 Å². The van der Waals surface area contributed by atoms with Gasteiger partial charge in [0, 0.05) is 111 Å². The summed E-state index contributed by atoms with van der Waals surface area (Å²) >= 11 is 6.57. The number of halogens is 1. The van der Waals surface area contributed by atoms with Gasteiger partial charge in [0.25, 0.3) is 5.91 Å². The van der Waals surface area contributed by atoms with E-state index in [1.54, 1.807) is 38.8 Å². The van der Waals surface area contributed by atoms with Crippen molar-refractivity contribution in [3.05, 3.63) is 106 Å². The highest BCUT2D eigenvalue weighted by Crippen LogP contribution is 2.37. The Labute approximate surface area is 380 Å². The van der Waals surface area contributed by atoms with Crippen molar-refractivity contribution in [2.75, 3.05) is 71.2 Å². The summed E-state index contributed by atoms with van der Waals surface area (Å²) in [6, 6.07) is 19.3. The summed E-state index contributed by atoms with van der Waals surface area (Å²) in [6.07, 6.45) is 7.07. The molecule has 0 saturated carbocycles. The number of imide groups is 1. The summed E-state index contributed by atoms with van der Waals surface area (Å²) in [4.78, 5) is 68.3. The smallest absolute Gasteiger partial charge is 0.255 e. The van der Waals surface area contributed by atoms with Crippen LogP contribution in [0.3, 0.4) is 0 Å². The second-order valence-corrected chi connectivity index (χ2v) is 21.1. The molecule has 1 unspecified atom stereocenters. The van der Waals surface area contributed by atoms with Crippen LogP contribution in [0.4, 0.5) is 5.69 Å². The van der Waals surface area contributed by atoms with Gasteiger partial charge in [0.1, 0.15) is 30.5 Å². The monoisotopic (exact) mass is 909 g/mol. The Morgan fingerprint density at radius 2 is 1.67 bits per heavy atom. The van der Waals surface area contributed by atoms with E-state index in [1.807, 2.05) is 35.2 Å². The number of ether oxygens (including phenoxy) is 2. The molecule has 1 atom stereocenters. The number of unbranched alkanes of at least 4 members (excludes halogenated alkanes) is 1. The summed E-state index contributed by atoms with van der Waals surface area (Å²) in [6.45, 7) is 9.30. The average molecular weight is 910 g/mol. The molecule has 3 saturated heterocycles. The Morgan fingerprint density at radius 1 is 0.891 bits per heavy atom. The average Bonchev–Trinajstić information content (AvgIpc) is 3.63. The molecule has 1 N–H and O–H groups in total. The number of nitrogens with one attached hydrogen (secondary N) is 1. The maximum Gasteiger partial charge on any atom is 0.255 e. The van der Waals surface area contributed by atoms with Crippen LogP contribution < -0.4 is 25.0 Å². The number of carbonyl (C=O) groups is 4. The minimum atomic E-state index is -2.48. The van der Waals surface area contributed by atoms with E-state index in [2.05, 4.69) is 38.3 Å². The zero-order chi connectivity index (χ0) is 45.0. The van der Waals surface area contributed by atoms with E-state index in [0.717, 1.165) is 85.5 Å². The second kappa shape index (κ2) is 19.8. The van der Waals surface area contributed by atoms with Gasteiger partial charge in [-0.3, -0.25) is 29.4 Å². The molecule has 4 aliphatic rings. The van der Waals surface area contributed by atoms with Gasteiger partial charge in [-0.15, -0.1) is 0 Å². The fourth-order valence-electron chi connectivity index (χ4n) is 9.50. The summed E-state index contributed by atoms with van der Waals surface area (Å²) in [5.74, 6) is 1.24. The van der Waals surface area contributed by atoms with Crippen LogP contribution in [0.2, 0.25) is 5.02 Å². The molecule has 4 aliphatic heterocycles. The lowest BCUT2D eigenvalue weighted by Crippen LogP contribution is -2.54. The number of fused-ring (bicyclic) bond motifs is 1. The first-order valence-corrected chi connectivity index (χ1v) is 25.3. The standard InChI is InChI=1S/C48H57ClN7O7P/c1-62-42-29-35(15-14-32(42)28-44-50-30-38(49)39(51-44)27-33-9-4-5-12-43(33)64(2,3)61)53-20-18-34(19-21-53)54-22-24-55(25-23-54)46(58)13-6-7-26-63-41-11-8-10-36-37(41)31-56(48(36)60)40-16-17-45(57)52-47(40)59/h4-5,8-12,14-15,29-30,34,40H,6-7,13,16-28,31H2,1-3H3,(H,52,57,59). The Morgan fingerprint density at radius 3 is 2.42 bits per heavy atom. The topological polar surface area (TPSA) is 155 Å². The van der Waals surface area contributed by atoms with Crippen molar-refractivity contribution in [3.63, 3.8) is 0 Å². The third kappa shape index (κ3) is 10.3. The third-order valence-electron chi connectivity index (χ3n) is 13.0. The van der Waals surface area contributed by atoms with Crippen LogP contribution >= 0.6 is 18.7 Å². The molecule has 338 valence electrons. The van der Waals surface area contributed by atoms with E-state index >= 15 is 0 Å². The predicted octanol–water partition coefficient (Wildman–Crippen LogP) is 5.69. The molecule has 8 rings (SSSR count). The molecular weight excluding hydrogens is 853 g/mol. The number of hydrogen-bond donors (Lipinski definition) is 1. The predicted molar refractivity (Wildman–Crippen MR) is 246 cm³/mol. The van der Waals surface area contributed by atoms with E-state index in [4.69, 9.17) is 26.1 Å². The van der Waals surface area contributed by atoms with E-state index in [0.29, 0.717) is 79.0 Å². The first-order valence-electron chi connectivity index (χ1n) is 22.3. The number of piperidine rings is 2. The zero-order valence-corrected chi connectivity index (χ0v) is 38.5. The minimum Gasteiger partial charge on any atom is -0.496 e. The number of carbonyl (C=O) groups excluding carboxylic acids is 4. The summed E-state index contributed by atoms with van der Waals surface area (Å²) in [5, 5.41) is 3.66. The summed E-state index contributed by atoms with van der Waals surface area (Å²) < 4.78 is 25.0. The fraction of sp³-hybridized carbons (Fsp3) is 0.458. The molecule has 16 heteroatoms. The highest BCUT2D eigenvalue weighted by atomic mass is 35.5. The first-order chi connectivity index (χ1) is 30.9. The minimum absolute atomic E-state index is 0.174. The number of amides is 4. The molecule has 0 radical (unpaired) electrons. The molecule has 0 bridgehead atoms.